The van der Waals surface area contributed by atoms with E-state index in [0.717, 1.165) is 32.1 Å². The summed E-state index contributed by atoms with van der Waals surface area (Å²) in [6.45, 7) is 6.28. The van der Waals surface area contributed by atoms with Gasteiger partial charge in [-0.1, -0.05) is 0 Å². The summed E-state index contributed by atoms with van der Waals surface area (Å²) >= 11 is 0. The summed E-state index contributed by atoms with van der Waals surface area (Å²) in [4.78, 5) is 6.44. The van der Waals surface area contributed by atoms with Gasteiger partial charge < -0.3 is 19.7 Å². The first kappa shape index (κ1) is 23.8. The van der Waals surface area contributed by atoms with Crippen LogP contribution in [0.3, 0.4) is 0 Å². The first-order valence-corrected chi connectivity index (χ1v) is 9.67. The van der Waals surface area contributed by atoms with Crippen LogP contribution in [0.5, 0.6) is 0 Å². The highest BCUT2D eigenvalue weighted by molar-refractivity contribution is 14.0. The maximum atomic E-state index is 11.4. The van der Waals surface area contributed by atoms with Crippen molar-refractivity contribution in [2.24, 2.45) is 10.9 Å². The summed E-state index contributed by atoms with van der Waals surface area (Å²) in [7, 11) is 0.263. The summed E-state index contributed by atoms with van der Waals surface area (Å²) < 4.78 is 35.8. The number of nitrogens with one attached hydrogen (secondary N) is 2. The number of ether oxygens (including phenoxy) is 2. The lowest BCUT2D eigenvalue weighted by Crippen LogP contribution is -2.43. The van der Waals surface area contributed by atoms with Crippen LogP contribution in [0.15, 0.2) is 4.99 Å². The maximum Gasteiger partial charge on any atom is 0.211 e. The molecule has 10 heteroatoms. The van der Waals surface area contributed by atoms with E-state index < -0.39 is 10.0 Å². The Morgan fingerprint density at radius 1 is 1.33 bits per heavy atom. The molecule has 0 aromatic heterocycles. The third-order valence-electron chi connectivity index (χ3n) is 3.69. The second kappa shape index (κ2) is 13.1. The van der Waals surface area contributed by atoms with Gasteiger partial charge in [0.05, 0.1) is 25.6 Å². The monoisotopic (exact) mass is 478 g/mol. The average Bonchev–Trinajstić information content (AvgIpc) is 3.00. The number of halogens is 1. The zero-order valence-electron chi connectivity index (χ0n) is 14.8. The van der Waals surface area contributed by atoms with E-state index >= 15 is 0 Å². The number of likely N-dealkylation sites (tertiary alicyclic amines) is 1. The number of nitrogens with zero attached hydrogens (tertiary/aromatic N) is 2. The van der Waals surface area contributed by atoms with Gasteiger partial charge in [0.15, 0.2) is 5.96 Å². The number of hydrogen-bond donors (Lipinski definition) is 2. The highest BCUT2D eigenvalue weighted by atomic mass is 127. The molecule has 1 aliphatic heterocycles. The summed E-state index contributed by atoms with van der Waals surface area (Å²) in [6.07, 6.45) is 1.07. The zero-order chi connectivity index (χ0) is 17.1. The van der Waals surface area contributed by atoms with Crippen molar-refractivity contribution in [2.75, 3.05) is 65.9 Å². The molecule has 1 heterocycles. The molecule has 0 aliphatic carbocycles. The largest absolute Gasteiger partial charge is 0.382 e. The van der Waals surface area contributed by atoms with Crippen molar-refractivity contribution in [3.05, 3.63) is 0 Å². The molecule has 2 N–H and O–H groups in total. The number of methoxy groups -OCH3 is 1. The van der Waals surface area contributed by atoms with Crippen molar-refractivity contribution in [2.45, 2.75) is 13.3 Å². The van der Waals surface area contributed by atoms with Gasteiger partial charge in [-0.3, -0.25) is 4.99 Å². The number of guanidine groups is 1. The Kier molecular flexibility index (Phi) is 13.0. The first-order chi connectivity index (χ1) is 11.0. The van der Waals surface area contributed by atoms with Crippen LogP contribution in [0.1, 0.15) is 13.3 Å². The first-order valence-electron chi connectivity index (χ1n) is 8.02. The molecule has 8 nitrogen and oxygen atoms in total. The summed E-state index contributed by atoms with van der Waals surface area (Å²) in [5, 5.41) is 3.19. The van der Waals surface area contributed by atoms with Crippen LogP contribution >= 0.6 is 24.0 Å². The molecule has 1 saturated heterocycles. The van der Waals surface area contributed by atoms with Crippen molar-refractivity contribution < 1.29 is 17.9 Å². The Balaban J connectivity index is 0.00000529. The molecule has 0 radical (unpaired) electrons. The summed E-state index contributed by atoms with van der Waals surface area (Å²) in [5.41, 5.74) is 0. The average molecular weight is 478 g/mol. The Labute approximate surface area is 162 Å². The molecule has 1 aliphatic rings. The fourth-order valence-electron chi connectivity index (χ4n) is 2.37. The molecular weight excluding hydrogens is 447 g/mol. The number of sulfonamides is 1. The summed E-state index contributed by atoms with van der Waals surface area (Å²) in [5.74, 6) is 1.39. The molecule has 1 atom stereocenters. The van der Waals surface area contributed by atoms with E-state index in [2.05, 4.69) is 19.9 Å². The van der Waals surface area contributed by atoms with E-state index in [4.69, 9.17) is 9.47 Å². The van der Waals surface area contributed by atoms with E-state index in [1.807, 2.05) is 0 Å². The molecule has 1 rings (SSSR count). The Hall–Kier alpha value is -0.170. The molecule has 0 aromatic carbocycles. The number of rotatable bonds is 10. The predicted molar refractivity (Wildman–Crippen MR) is 107 cm³/mol. The quantitative estimate of drug-likeness (QED) is 0.200. The van der Waals surface area contributed by atoms with Crippen LogP contribution in [0.25, 0.3) is 0 Å². The molecule has 24 heavy (non-hydrogen) atoms. The standard InChI is InChI=1S/C14H30N4O4S.HI/c1-4-23(19,20)17-7-6-16-14(15-2)18-8-5-13(11-18)12-22-10-9-21-3;/h13,17H,4-12H2,1-3H3,(H,15,16);1H. The van der Waals surface area contributed by atoms with Crippen LogP contribution in [0, 0.1) is 5.92 Å². The molecule has 1 fully saturated rings. The van der Waals surface area contributed by atoms with Crippen LogP contribution in [-0.2, 0) is 19.5 Å². The van der Waals surface area contributed by atoms with Crippen molar-refractivity contribution in [1.29, 1.82) is 0 Å². The van der Waals surface area contributed by atoms with Gasteiger partial charge in [-0.05, 0) is 13.3 Å². The number of hydrogen-bond acceptors (Lipinski definition) is 5. The minimum absolute atomic E-state index is 0. The third-order valence-corrected chi connectivity index (χ3v) is 5.10. The number of aliphatic imine (C=N–C) groups is 1. The Morgan fingerprint density at radius 3 is 2.71 bits per heavy atom. The fraction of sp³-hybridized carbons (Fsp3) is 0.929. The lowest BCUT2D eigenvalue weighted by molar-refractivity contribution is 0.0536. The smallest absolute Gasteiger partial charge is 0.211 e. The van der Waals surface area contributed by atoms with E-state index in [9.17, 15) is 8.42 Å². The molecular formula is C14H31IN4O4S. The van der Waals surface area contributed by atoms with Crippen molar-refractivity contribution in [3.63, 3.8) is 0 Å². The van der Waals surface area contributed by atoms with Crippen LogP contribution < -0.4 is 10.0 Å². The van der Waals surface area contributed by atoms with Gasteiger partial charge in [0.1, 0.15) is 0 Å². The minimum atomic E-state index is -3.14. The van der Waals surface area contributed by atoms with Crippen LogP contribution in [-0.4, -0.2) is 85.2 Å². The van der Waals surface area contributed by atoms with Gasteiger partial charge >= 0.3 is 0 Å². The van der Waals surface area contributed by atoms with Gasteiger partial charge in [-0.25, -0.2) is 13.1 Å². The lowest BCUT2D eigenvalue weighted by atomic mass is 10.1. The van der Waals surface area contributed by atoms with E-state index in [-0.39, 0.29) is 29.7 Å². The van der Waals surface area contributed by atoms with E-state index in [1.54, 1.807) is 21.1 Å². The van der Waals surface area contributed by atoms with Gasteiger partial charge in [0.25, 0.3) is 0 Å². The van der Waals surface area contributed by atoms with Gasteiger partial charge in [0, 0.05) is 46.3 Å². The molecule has 1 unspecified atom stereocenters. The molecule has 0 bridgehead atoms. The minimum Gasteiger partial charge on any atom is -0.382 e. The van der Waals surface area contributed by atoms with Gasteiger partial charge in [-0.15, -0.1) is 24.0 Å². The summed E-state index contributed by atoms with van der Waals surface area (Å²) in [6, 6.07) is 0. The third kappa shape index (κ3) is 9.35. The molecule has 0 spiro atoms. The SMILES string of the molecule is CCS(=O)(=O)NCCNC(=NC)N1CCC(COCCOC)C1.I. The Bertz CT molecular complexity index is 462. The second-order valence-electron chi connectivity index (χ2n) is 5.44. The van der Waals surface area contributed by atoms with Crippen molar-refractivity contribution in [3.8, 4) is 0 Å². The normalized spacial score (nSPS) is 18.5. The van der Waals surface area contributed by atoms with Gasteiger partial charge in [-0.2, -0.15) is 0 Å². The zero-order valence-corrected chi connectivity index (χ0v) is 17.9. The van der Waals surface area contributed by atoms with Crippen LogP contribution in [0.2, 0.25) is 0 Å². The van der Waals surface area contributed by atoms with Crippen molar-refractivity contribution in [1.82, 2.24) is 14.9 Å². The second-order valence-corrected chi connectivity index (χ2v) is 7.54. The molecule has 0 saturated carbocycles. The topological polar surface area (TPSA) is 92.3 Å². The van der Waals surface area contributed by atoms with Crippen molar-refractivity contribution >= 4 is 40.0 Å². The molecule has 0 amide bonds. The lowest BCUT2D eigenvalue weighted by Gasteiger charge is -2.21. The van der Waals surface area contributed by atoms with Gasteiger partial charge in [0.2, 0.25) is 10.0 Å². The van der Waals surface area contributed by atoms with Crippen LogP contribution in [0.4, 0.5) is 0 Å². The maximum absolute atomic E-state index is 11.4. The predicted octanol–water partition coefficient (Wildman–Crippen LogP) is 0.104. The fourth-order valence-corrected chi connectivity index (χ4v) is 2.99. The molecule has 0 aromatic rings. The van der Waals surface area contributed by atoms with E-state index in [1.165, 1.54) is 0 Å². The highest BCUT2D eigenvalue weighted by Crippen LogP contribution is 2.16. The highest BCUT2D eigenvalue weighted by Gasteiger charge is 2.24. The molecule has 144 valence electrons. The van der Waals surface area contributed by atoms with E-state index in [0.29, 0.717) is 32.2 Å². The Morgan fingerprint density at radius 2 is 2.08 bits per heavy atom.